The summed E-state index contributed by atoms with van der Waals surface area (Å²) in [5.74, 6) is 0. The first-order valence-electron chi connectivity index (χ1n) is 5.71. The predicted molar refractivity (Wildman–Crippen MR) is 71.3 cm³/mol. The van der Waals surface area contributed by atoms with E-state index < -0.39 is 10.0 Å². The first-order valence-corrected chi connectivity index (χ1v) is 7.19. The summed E-state index contributed by atoms with van der Waals surface area (Å²) in [6, 6.07) is 0.346. The van der Waals surface area contributed by atoms with Gasteiger partial charge >= 0.3 is 0 Å². The molecule has 1 aromatic heterocycles. The van der Waals surface area contributed by atoms with E-state index in [2.05, 4.69) is 21.9 Å². The van der Waals surface area contributed by atoms with Crippen LogP contribution in [0.2, 0.25) is 0 Å². The van der Waals surface area contributed by atoms with Gasteiger partial charge in [0.1, 0.15) is 0 Å². The number of nitrogens with one attached hydrogen (secondary N) is 2. The van der Waals surface area contributed by atoms with E-state index in [1.54, 1.807) is 11.6 Å². The van der Waals surface area contributed by atoms with Crippen LogP contribution in [0.25, 0.3) is 0 Å². The van der Waals surface area contributed by atoms with Crippen LogP contribution in [0.4, 0.5) is 0 Å². The summed E-state index contributed by atoms with van der Waals surface area (Å²) < 4.78 is 28.4. The van der Waals surface area contributed by atoms with Crippen molar-refractivity contribution in [2.24, 2.45) is 7.05 Å². The molecule has 2 heterocycles. The van der Waals surface area contributed by atoms with Crippen molar-refractivity contribution in [3.63, 3.8) is 0 Å². The smallest absolute Gasteiger partial charge is 0.259 e. The molecule has 18 heavy (non-hydrogen) atoms. The van der Waals surface area contributed by atoms with Gasteiger partial charge in [0, 0.05) is 25.3 Å². The second kappa shape index (κ2) is 6.01. The number of nitrogens with zero attached hydrogens (tertiary/aromatic N) is 2. The molecule has 1 aliphatic rings. The van der Waals surface area contributed by atoms with Crippen LogP contribution in [-0.4, -0.2) is 36.6 Å². The maximum absolute atomic E-state index is 12.0. The number of imidazole rings is 1. The molecule has 0 amide bonds. The molecule has 1 aliphatic heterocycles. The number of rotatable bonds is 3. The van der Waals surface area contributed by atoms with Gasteiger partial charge in [-0.15, -0.1) is 12.4 Å². The Kier molecular flexibility index (Phi) is 5.15. The highest BCUT2D eigenvalue weighted by molar-refractivity contribution is 7.89. The zero-order valence-corrected chi connectivity index (χ0v) is 12.1. The average molecular weight is 295 g/mol. The zero-order valence-electron chi connectivity index (χ0n) is 10.5. The van der Waals surface area contributed by atoms with Crippen molar-refractivity contribution in [1.29, 1.82) is 0 Å². The fourth-order valence-corrected chi connectivity index (χ4v) is 3.31. The SMILES string of the molecule is CC1CC(NS(=O)(=O)c2cn(C)cn2)CCN1.Cl. The van der Waals surface area contributed by atoms with E-state index in [0.29, 0.717) is 6.04 Å². The monoisotopic (exact) mass is 294 g/mol. The lowest BCUT2D eigenvalue weighted by molar-refractivity contribution is 0.361. The maximum Gasteiger partial charge on any atom is 0.259 e. The topological polar surface area (TPSA) is 76.0 Å². The zero-order chi connectivity index (χ0) is 12.5. The number of sulfonamides is 1. The summed E-state index contributed by atoms with van der Waals surface area (Å²) in [6.07, 6.45) is 4.62. The van der Waals surface area contributed by atoms with E-state index in [1.807, 2.05) is 0 Å². The van der Waals surface area contributed by atoms with Crippen LogP contribution in [0.5, 0.6) is 0 Å². The standard InChI is InChI=1S/C10H18N4O2S.ClH/c1-8-5-9(3-4-11-8)13-17(15,16)10-6-14(2)7-12-10;/h6-9,11,13H,3-5H2,1-2H3;1H. The first-order chi connectivity index (χ1) is 7.97. The Hall–Kier alpha value is -0.630. The number of aromatic nitrogens is 2. The second-order valence-electron chi connectivity index (χ2n) is 4.58. The molecule has 104 valence electrons. The number of hydrogen-bond donors (Lipinski definition) is 2. The van der Waals surface area contributed by atoms with Crippen LogP contribution < -0.4 is 10.0 Å². The van der Waals surface area contributed by atoms with Gasteiger partial charge in [0.05, 0.1) is 6.33 Å². The van der Waals surface area contributed by atoms with Crippen molar-refractivity contribution < 1.29 is 8.42 Å². The van der Waals surface area contributed by atoms with Crippen LogP contribution in [0.1, 0.15) is 19.8 Å². The van der Waals surface area contributed by atoms with Gasteiger partial charge in [0.2, 0.25) is 0 Å². The predicted octanol–water partition coefficient (Wildman–Crippen LogP) is 0.261. The maximum atomic E-state index is 12.0. The Labute approximate surface area is 114 Å². The fraction of sp³-hybridized carbons (Fsp3) is 0.700. The number of aryl methyl sites for hydroxylation is 1. The molecule has 2 unspecified atom stereocenters. The van der Waals surface area contributed by atoms with Gasteiger partial charge in [-0.2, -0.15) is 0 Å². The Morgan fingerprint density at radius 3 is 2.83 bits per heavy atom. The molecule has 2 atom stereocenters. The molecule has 0 bridgehead atoms. The minimum absolute atomic E-state index is 0. The molecular formula is C10H19ClN4O2S. The molecular weight excluding hydrogens is 276 g/mol. The molecule has 0 spiro atoms. The normalized spacial score (nSPS) is 24.6. The van der Waals surface area contributed by atoms with E-state index in [1.165, 1.54) is 12.5 Å². The van der Waals surface area contributed by atoms with Gasteiger partial charge in [-0.25, -0.2) is 18.1 Å². The molecule has 6 nitrogen and oxygen atoms in total. The molecule has 1 saturated heterocycles. The van der Waals surface area contributed by atoms with Crippen LogP contribution in [0.15, 0.2) is 17.6 Å². The molecule has 0 aliphatic carbocycles. The van der Waals surface area contributed by atoms with Crippen LogP contribution >= 0.6 is 12.4 Å². The average Bonchev–Trinajstić information content (AvgIpc) is 2.65. The molecule has 8 heteroatoms. The number of halogens is 1. The van der Waals surface area contributed by atoms with E-state index in [9.17, 15) is 8.42 Å². The summed E-state index contributed by atoms with van der Waals surface area (Å²) in [5, 5.41) is 3.38. The van der Waals surface area contributed by atoms with Crippen LogP contribution in [-0.2, 0) is 17.1 Å². The van der Waals surface area contributed by atoms with Gasteiger partial charge in [-0.1, -0.05) is 0 Å². The van der Waals surface area contributed by atoms with E-state index >= 15 is 0 Å². The lowest BCUT2D eigenvalue weighted by Gasteiger charge is -2.28. The lowest BCUT2D eigenvalue weighted by atomic mass is 10.0. The van der Waals surface area contributed by atoms with E-state index in [0.717, 1.165) is 19.4 Å². The van der Waals surface area contributed by atoms with Gasteiger partial charge < -0.3 is 9.88 Å². The number of hydrogen-bond acceptors (Lipinski definition) is 4. The van der Waals surface area contributed by atoms with E-state index in [-0.39, 0.29) is 23.5 Å². The summed E-state index contributed by atoms with van der Waals surface area (Å²) >= 11 is 0. The van der Waals surface area contributed by atoms with Crippen LogP contribution in [0.3, 0.4) is 0 Å². The van der Waals surface area contributed by atoms with Crippen molar-refractivity contribution in [3.05, 3.63) is 12.5 Å². The van der Waals surface area contributed by atoms with E-state index in [4.69, 9.17) is 0 Å². The molecule has 2 N–H and O–H groups in total. The molecule has 1 fully saturated rings. The van der Waals surface area contributed by atoms with Crippen molar-refractivity contribution in [3.8, 4) is 0 Å². The minimum Gasteiger partial charge on any atom is -0.339 e. The highest BCUT2D eigenvalue weighted by Crippen LogP contribution is 2.12. The third-order valence-electron chi connectivity index (χ3n) is 2.90. The summed E-state index contributed by atoms with van der Waals surface area (Å²) in [6.45, 7) is 2.90. The van der Waals surface area contributed by atoms with Gasteiger partial charge in [-0.05, 0) is 26.3 Å². The van der Waals surface area contributed by atoms with Gasteiger partial charge in [0.25, 0.3) is 10.0 Å². The molecule has 1 aromatic rings. The second-order valence-corrected chi connectivity index (χ2v) is 6.24. The molecule has 2 rings (SSSR count). The van der Waals surface area contributed by atoms with Crippen LogP contribution in [0, 0.1) is 0 Å². The van der Waals surface area contributed by atoms with Crippen molar-refractivity contribution >= 4 is 22.4 Å². The Balaban J connectivity index is 0.00000162. The highest BCUT2D eigenvalue weighted by Gasteiger charge is 2.25. The Morgan fingerprint density at radius 2 is 2.28 bits per heavy atom. The summed E-state index contributed by atoms with van der Waals surface area (Å²) in [4.78, 5) is 3.87. The van der Waals surface area contributed by atoms with Gasteiger partial charge in [-0.3, -0.25) is 0 Å². The largest absolute Gasteiger partial charge is 0.339 e. The van der Waals surface area contributed by atoms with Gasteiger partial charge in [0.15, 0.2) is 5.03 Å². The first kappa shape index (κ1) is 15.4. The fourth-order valence-electron chi connectivity index (χ4n) is 2.05. The highest BCUT2D eigenvalue weighted by atomic mass is 35.5. The Bertz CT molecular complexity index is 488. The number of piperidine rings is 1. The summed E-state index contributed by atoms with van der Waals surface area (Å²) in [7, 11) is -1.72. The molecule has 0 saturated carbocycles. The van der Waals surface area contributed by atoms with Crippen molar-refractivity contribution in [2.75, 3.05) is 6.54 Å². The molecule has 0 radical (unpaired) electrons. The van der Waals surface area contributed by atoms with Crippen molar-refractivity contribution in [1.82, 2.24) is 19.6 Å². The third-order valence-corrected chi connectivity index (χ3v) is 4.31. The Morgan fingerprint density at radius 1 is 1.56 bits per heavy atom. The third kappa shape index (κ3) is 3.68. The lowest BCUT2D eigenvalue weighted by Crippen LogP contribution is -2.46. The quantitative estimate of drug-likeness (QED) is 0.838. The summed E-state index contributed by atoms with van der Waals surface area (Å²) in [5.41, 5.74) is 0. The van der Waals surface area contributed by atoms with Crippen molar-refractivity contribution in [2.45, 2.75) is 36.9 Å². The molecule has 0 aromatic carbocycles. The minimum atomic E-state index is -3.47.